The second-order valence-electron chi connectivity index (χ2n) is 7.64. The van der Waals surface area contributed by atoms with Gasteiger partial charge in [-0.05, 0) is 41.9 Å². The normalized spacial score (nSPS) is 38.2. The molecule has 4 saturated heterocycles. The third-order valence-electron chi connectivity index (χ3n) is 5.94. The molecule has 4 atom stereocenters. The quantitative estimate of drug-likeness (QED) is 0.716. The van der Waals surface area contributed by atoms with Crippen molar-refractivity contribution in [3.05, 3.63) is 32.8 Å². The number of hydrogen-bond donors (Lipinski definition) is 0. The molecule has 1 aromatic rings. The van der Waals surface area contributed by atoms with Crippen molar-refractivity contribution in [2.45, 2.75) is 19.8 Å². The highest BCUT2D eigenvalue weighted by atomic mass is 35.5. The van der Waals surface area contributed by atoms with Crippen molar-refractivity contribution in [1.82, 2.24) is 14.7 Å². The molecule has 0 spiro atoms. The molecule has 4 fully saturated rings. The maximum absolute atomic E-state index is 6.50. The van der Waals surface area contributed by atoms with Crippen molar-refractivity contribution in [2.75, 3.05) is 39.6 Å². The lowest BCUT2D eigenvalue weighted by atomic mass is 9.74. The Morgan fingerprint density at radius 3 is 2.21 bits per heavy atom. The molecule has 24 heavy (non-hydrogen) atoms. The monoisotopic (exact) mass is 387 g/mol. The van der Waals surface area contributed by atoms with Crippen molar-refractivity contribution in [3.8, 4) is 0 Å². The molecule has 4 unspecified atom stereocenters. The van der Waals surface area contributed by atoms with E-state index >= 15 is 0 Å². The zero-order valence-corrected chi connectivity index (χ0v) is 16.3. The molecule has 4 heterocycles. The highest BCUT2D eigenvalue weighted by Gasteiger charge is 2.41. The summed E-state index contributed by atoms with van der Waals surface area (Å²) >= 11 is 19.0. The lowest BCUT2D eigenvalue weighted by Gasteiger charge is -2.54. The van der Waals surface area contributed by atoms with Crippen LogP contribution in [0.5, 0.6) is 0 Å². The lowest BCUT2D eigenvalue weighted by molar-refractivity contribution is -0.119. The fourth-order valence-electron chi connectivity index (χ4n) is 4.95. The Morgan fingerprint density at radius 1 is 0.958 bits per heavy atom. The van der Waals surface area contributed by atoms with Crippen LogP contribution in [-0.2, 0) is 6.42 Å². The van der Waals surface area contributed by atoms with Crippen LogP contribution in [0.2, 0.25) is 15.1 Å². The van der Waals surface area contributed by atoms with Gasteiger partial charge in [-0.15, -0.1) is 0 Å². The summed E-state index contributed by atoms with van der Waals surface area (Å²) in [6, 6.07) is 3.74. The van der Waals surface area contributed by atoms with Gasteiger partial charge in [0.05, 0.1) is 30.1 Å². The highest BCUT2D eigenvalue weighted by molar-refractivity contribution is 6.43. The van der Waals surface area contributed by atoms with Crippen LogP contribution < -0.4 is 0 Å². The molecule has 0 saturated carbocycles. The number of nitrogens with zero attached hydrogens (tertiary/aromatic N) is 3. The Hall–Kier alpha value is -0.0300. The van der Waals surface area contributed by atoms with Crippen molar-refractivity contribution in [1.29, 1.82) is 0 Å². The van der Waals surface area contributed by atoms with Gasteiger partial charge >= 0.3 is 0 Å². The number of benzene rings is 1. The zero-order chi connectivity index (χ0) is 16.8. The van der Waals surface area contributed by atoms with Crippen molar-refractivity contribution < 1.29 is 0 Å². The Labute approximate surface area is 159 Å². The molecule has 0 N–H and O–H groups in total. The number of hydrogen-bond acceptors (Lipinski definition) is 3. The molecule has 132 valence electrons. The minimum atomic E-state index is 0.568. The lowest BCUT2D eigenvalue weighted by Crippen LogP contribution is -2.65. The van der Waals surface area contributed by atoms with E-state index in [0.717, 1.165) is 32.0 Å². The van der Waals surface area contributed by atoms with Gasteiger partial charge in [0.1, 0.15) is 0 Å². The molecule has 0 aromatic heterocycles. The third-order valence-corrected chi connectivity index (χ3v) is 7.00. The fourth-order valence-corrected chi connectivity index (χ4v) is 5.67. The smallest absolute Gasteiger partial charge is 0.0625 e. The van der Waals surface area contributed by atoms with Crippen LogP contribution in [0.25, 0.3) is 0 Å². The van der Waals surface area contributed by atoms with Gasteiger partial charge in [0.25, 0.3) is 0 Å². The SMILES string of the molecule is CCC1CN2CN3CC(CN(C2)C3)C1Cc1cc(Cl)cc(Cl)c1Cl. The first-order chi connectivity index (χ1) is 11.5. The largest absolute Gasteiger partial charge is 0.277 e. The first-order valence-corrected chi connectivity index (χ1v) is 9.97. The summed E-state index contributed by atoms with van der Waals surface area (Å²) in [5.41, 5.74) is 1.11. The molecule has 4 bridgehead atoms. The van der Waals surface area contributed by atoms with Gasteiger partial charge in [0.15, 0.2) is 0 Å². The number of fused-ring (bicyclic) bond motifs is 2. The van der Waals surface area contributed by atoms with E-state index in [0.29, 0.717) is 32.8 Å². The van der Waals surface area contributed by atoms with Gasteiger partial charge in [-0.2, -0.15) is 0 Å². The van der Waals surface area contributed by atoms with Crippen LogP contribution in [0, 0.1) is 17.8 Å². The molecule has 0 aliphatic carbocycles. The molecule has 6 heteroatoms. The van der Waals surface area contributed by atoms with Gasteiger partial charge in [0.2, 0.25) is 0 Å². The van der Waals surface area contributed by atoms with E-state index in [1.165, 1.54) is 26.1 Å². The van der Waals surface area contributed by atoms with Gasteiger partial charge in [-0.25, -0.2) is 0 Å². The Balaban J connectivity index is 1.64. The Bertz CT molecular complexity index is 610. The first-order valence-electron chi connectivity index (χ1n) is 8.84. The summed E-state index contributed by atoms with van der Waals surface area (Å²) in [7, 11) is 0. The van der Waals surface area contributed by atoms with Crippen LogP contribution in [-0.4, -0.2) is 54.3 Å². The molecule has 1 aromatic carbocycles. The van der Waals surface area contributed by atoms with Crippen LogP contribution in [0.1, 0.15) is 18.9 Å². The standard InChI is InChI=1S/C18H24Cl3N3/c1-2-12-6-22-9-23-7-14(8-24(10-22)11-23)16(12)4-13-3-15(19)5-17(20)18(13)21/h3,5,12,14,16H,2,4,6-11H2,1H3. The maximum atomic E-state index is 6.50. The summed E-state index contributed by atoms with van der Waals surface area (Å²) in [4.78, 5) is 7.78. The molecule has 0 radical (unpaired) electrons. The van der Waals surface area contributed by atoms with Crippen molar-refractivity contribution >= 4 is 34.8 Å². The van der Waals surface area contributed by atoms with E-state index in [9.17, 15) is 0 Å². The molecule has 5 rings (SSSR count). The molecule has 4 aliphatic heterocycles. The summed E-state index contributed by atoms with van der Waals surface area (Å²) in [6.07, 6.45) is 2.18. The Morgan fingerprint density at radius 2 is 1.58 bits per heavy atom. The van der Waals surface area contributed by atoms with E-state index in [2.05, 4.69) is 21.6 Å². The second kappa shape index (κ2) is 6.94. The summed E-state index contributed by atoms with van der Waals surface area (Å²) in [5.74, 6) is 2.02. The average Bonchev–Trinajstić information content (AvgIpc) is 2.53. The molecule has 0 amide bonds. The van der Waals surface area contributed by atoms with Crippen LogP contribution >= 0.6 is 34.8 Å². The zero-order valence-electron chi connectivity index (χ0n) is 14.0. The molecular weight excluding hydrogens is 365 g/mol. The van der Waals surface area contributed by atoms with Gasteiger partial charge < -0.3 is 0 Å². The van der Waals surface area contributed by atoms with E-state index in [1.807, 2.05) is 6.07 Å². The predicted octanol–water partition coefficient (Wildman–Crippen LogP) is 4.27. The van der Waals surface area contributed by atoms with Gasteiger partial charge in [-0.3, -0.25) is 14.7 Å². The van der Waals surface area contributed by atoms with Crippen molar-refractivity contribution in [2.24, 2.45) is 17.8 Å². The van der Waals surface area contributed by atoms with E-state index in [-0.39, 0.29) is 0 Å². The summed E-state index contributed by atoms with van der Waals surface area (Å²) in [5, 5.41) is 1.93. The average molecular weight is 389 g/mol. The Kier molecular flexibility index (Phi) is 5.03. The highest BCUT2D eigenvalue weighted by Crippen LogP contribution is 2.39. The maximum Gasteiger partial charge on any atom is 0.0625 e. The minimum absolute atomic E-state index is 0.568. The van der Waals surface area contributed by atoms with E-state index in [4.69, 9.17) is 34.8 Å². The number of rotatable bonds is 3. The minimum Gasteiger partial charge on any atom is -0.277 e. The first kappa shape index (κ1) is 17.4. The third kappa shape index (κ3) is 3.32. The van der Waals surface area contributed by atoms with E-state index in [1.54, 1.807) is 6.07 Å². The fraction of sp³-hybridized carbons (Fsp3) is 0.667. The second-order valence-corrected chi connectivity index (χ2v) is 8.86. The van der Waals surface area contributed by atoms with Crippen molar-refractivity contribution in [3.63, 3.8) is 0 Å². The molecule has 4 aliphatic rings. The van der Waals surface area contributed by atoms with Crippen LogP contribution in [0.4, 0.5) is 0 Å². The molecule has 3 nitrogen and oxygen atoms in total. The van der Waals surface area contributed by atoms with Gasteiger partial charge in [-0.1, -0.05) is 48.1 Å². The number of halogens is 3. The van der Waals surface area contributed by atoms with Crippen LogP contribution in [0.3, 0.4) is 0 Å². The van der Waals surface area contributed by atoms with Gasteiger partial charge in [0, 0.05) is 24.7 Å². The summed E-state index contributed by atoms with van der Waals surface area (Å²) < 4.78 is 0. The predicted molar refractivity (Wildman–Crippen MR) is 101 cm³/mol. The topological polar surface area (TPSA) is 9.72 Å². The molecular formula is C18H24Cl3N3. The van der Waals surface area contributed by atoms with Crippen LogP contribution in [0.15, 0.2) is 12.1 Å². The summed E-state index contributed by atoms with van der Waals surface area (Å²) in [6.45, 7) is 9.26. The van der Waals surface area contributed by atoms with E-state index < -0.39 is 0 Å².